The Morgan fingerprint density at radius 1 is 1.46 bits per heavy atom. The van der Waals surface area contributed by atoms with Gasteiger partial charge in [-0.3, -0.25) is 0 Å². The summed E-state index contributed by atoms with van der Waals surface area (Å²) in [4.78, 5) is 0. The lowest BCUT2D eigenvalue weighted by Crippen LogP contribution is -2.04. The topological polar surface area (TPSA) is 44.5 Å². The Labute approximate surface area is 82.4 Å². The lowest BCUT2D eigenvalue weighted by atomic mass is 10.2. The van der Waals surface area contributed by atoms with Gasteiger partial charge in [0.1, 0.15) is 5.75 Å². The molecule has 0 aliphatic rings. The molecule has 0 fully saturated rings. The van der Waals surface area contributed by atoms with Gasteiger partial charge in [0.15, 0.2) is 6.79 Å². The summed E-state index contributed by atoms with van der Waals surface area (Å²) < 4.78 is 10.1. The summed E-state index contributed by atoms with van der Waals surface area (Å²) in [5.41, 5.74) is 6.39. The average molecular weight is 202 g/mol. The van der Waals surface area contributed by atoms with Crippen LogP contribution in [0.4, 0.5) is 0 Å². The first-order valence-corrected chi connectivity index (χ1v) is 4.26. The largest absolute Gasteiger partial charge is 0.467 e. The van der Waals surface area contributed by atoms with E-state index in [1.807, 2.05) is 0 Å². The first kappa shape index (κ1) is 10.3. The Bertz CT molecular complexity index is 278. The molecule has 0 aliphatic carbocycles. The van der Waals surface area contributed by atoms with Crippen LogP contribution < -0.4 is 10.5 Å². The summed E-state index contributed by atoms with van der Waals surface area (Å²) in [6.45, 7) is 0.619. The zero-order chi connectivity index (χ0) is 9.68. The Balaban J connectivity index is 2.79. The number of benzene rings is 1. The maximum absolute atomic E-state index is 5.79. The molecule has 3 nitrogen and oxygen atoms in total. The molecule has 72 valence electrons. The molecule has 2 N–H and O–H groups in total. The van der Waals surface area contributed by atoms with E-state index in [2.05, 4.69) is 0 Å². The molecule has 0 heterocycles. The highest BCUT2D eigenvalue weighted by atomic mass is 35.5. The van der Waals surface area contributed by atoms with E-state index < -0.39 is 0 Å². The van der Waals surface area contributed by atoms with Crippen LogP contribution >= 0.6 is 11.6 Å². The molecule has 0 aromatic heterocycles. The van der Waals surface area contributed by atoms with Crippen LogP contribution in [0.5, 0.6) is 5.75 Å². The molecule has 1 rings (SSSR count). The van der Waals surface area contributed by atoms with Crippen molar-refractivity contribution in [2.75, 3.05) is 13.9 Å². The summed E-state index contributed by atoms with van der Waals surface area (Å²) in [5, 5.41) is 0.658. The van der Waals surface area contributed by atoms with Crippen LogP contribution in [0.1, 0.15) is 5.56 Å². The fraction of sp³-hybridized carbons (Fsp3) is 0.333. The van der Waals surface area contributed by atoms with E-state index in [0.717, 1.165) is 5.56 Å². The van der Waals surface area contributed by atoms with Crippen molar-refractivity contribution in [3.8, 4) is 5.75 Å². The fourth-order valence-electron chi connectivity index (χ4n) is 0.971. The molecule has 4 heteroatoms. The van der Waals surface area contributed by atoms with Crippen LogP contribution in [-0.4, -0.2) is 13.9 Å². The Morgan fingerprint density at radius 2 is 2.23 bits per heavy atom. The van der Waals surface area contributed by atoms with Crippen molar-refractivity contribution in [1.29, 1.82) is 0 Å². The third-order valence-electron chi connectivity index (χ3n) is 1.57. The molecular formula is C9H12ClNO2. The lowest BCUT2D eigenvalue weighted by molar-refractivity contribution is 0.0504. The molecule has 1 aromatic rings. The number of hydrogen-bond acceptors (Lipinski definition) is 3. The SMILES string of the molecule is COCOc1ccc(Cl)cc1CN. The van der Waals surface area contributed by atoms with Gasteiger partial charge in [-0.1, -0.05) is 11.6 Å². The van der Waals surface area contributed by atoms with E-state index in [1.165, 1.54) is 0 Å². The van der Waals surface area contributed by atoms with Crippen LogP contribution in [-0.2, 0) is 11.3 Å². The molecule has 1 aromatic carbocycles. The maximum Gasteiger partial charge on any atom is 0.188 e. The molecular weight excluding hydrogens is 190 g/mol. The van der Waals surface area contributed by atoms with Gasteiger partial charge in [0.25, 0.3) is 0 Å². The molecule has 0 saturated heterocycles. The van der Waals surface area contributed by atoms with Crippen LogP contribution in [0, 0.1) is 0 Å². The van der Waals surface area contributed by atoms with Gasteiger partial charge in [0, 0.05) is 24.2 Å². The highest BCUT2D eigenvalue weighted by molar-refractivity contribution is 6.30. The smallest absolute Gasteiger partial charge is 0.188 e. The van der Waals surface area contributed by atoms with Gasteiger partial charge in [-0.2, -0.15) is 0 Å². The van der Waals surface area contributed by atoms with Crippen molar-refractivity contribution in [3.63, 3.8) is 0 Å². The monoisotopic (exact) mass is 201 g/mol. The summed E-state index contributed by atoms with van der Waals surface area (Å²) in [7, 11) is 1.57. The summed E-state index contributed by atoms with van der Waals surface area (Å²) in [5.74, 6) is 0.716. The van der Waals surface area contributed by atoms with Crippen molar-refractivity contribution >= 4 is 11.6 Å². The van der Waals surface area contributed by atoms with E-state index in [0.29, 0.717) is 17.3 Å². The Morgan fingerprint density at radius 3 is 2.85 bits per heavy atom. The molecule has 0 aliphatic heterocycles. The summed E-state index contributed by atoms with van der Waals surface area (Å²) in [6.07, 6.45) is 0. The molecule has 0 bridgehead atoms. The standard InChI is InChI=1S/C9H12ClNO2/c1-12-6-13-9-3-2-8(10)4-7(9)5-11/h2-4H,5-6,11H2,1H3. The Hall–Kier alpha value is -0.770. The minimum atomic E-state index is 0.217. The van der Waals surface area contributed by atoms with Crippen LogP contribution in [0.3, 0.4) is 0 Å². The second kappa shape index (κ2) is 5.07. The highest BCUT2D eigenvalue weighted by Crippen LogP contribution is 2.22. The molecule has 0 saturated carbocycles. The third-order valence-corrected chi connectivity index (χ3v) is 1.81. The molecule has 0 spiro atoms. The van der Waals surface area contributed by atoms with Crippen LogP contribution in [0.25, 0.3) is 0 Å². The number of ether oxygens (including phenoxy) is 2. The Kier molecular flexibility index (Phi) is 4.02. The number of halogens is 1. The van der Waals surface area contributed by atoms with Gasteiger partial charge >= 0.3 is 0 Å². The van der Waals surface area contributed by atoms with Gasteiger partial charge in [0.05, 0.1) is 0 Å². The van der Waals surface area contributed by atoms with Gasteiger partial charge in [-0.25, -0.2) is 0 Å². The molecule has 0 radical (unpaired) electrons. The normalized spacial score (nSPS) is 10.1. The van der Waals surface area contributed by atoms with E-state index in [-0.39, 0.29) is 6.79 Å². The second-order valence-electron chi connectivity index (χ2n) is 2.51. The average Bonchev–Trinajstić information content (AvgIpc) is 2.16. The maximum atomic E-state index is 5.79. The first-order valence-electron chi connectivity index (χ1n) is 3.88. The van der Waals surface area contributed by atoms with E-state index >= 15 is 0 Å². The van der Waals surface area contributed by atoms with Gasteiger partial charge in [-0.15, -0.1) is 0 Å². The van der Waals surface area contributed by atoms with Crippen molar-refractivity contribution in [2.45, 2.75) is 6.54 Å². The number of nitrogens with two attached hydrogens (primary N) is 1. The molecule has 0 atom stereocenters. The molecule has 0 amide bonds. The fourth-order valence-corrected chi connectivity index (χ4v) is 1.17. The predicted molar refractivity (Wildman–Crippen MR) is 51.8 cm³/mol. The van der Waals surface area contributed by atoms with Gasteiger partial charge in [0.2, 0.25) is 0 Å². The number of methoxy groups -OCH3 is 1. The quantitative estimate of drug-likeness (QED) is 0.756. The first-order chi connectivity index (χ1) is 6.27. The predicted octanol–water partition coefficient (Wildman–Crippen LogP) is 1.78. The van der Waals surface area contributed by atoms with Crippen LogP contribution in [0.15, 0.2) is 18.2 Å². The minimum absolute atomic E-state index is 0.217. The summed E-state index contributed by atoms with van der Waals surface area (Å²) >= 11 is 5.79. The molecule has 13 heavy (non-hydrogen) atoms. The van der Waals surface area contributed by atoms with Crippen molar-refractivity contribution in [2.24, 2.45) is 5.73 Å². The zero-order valence-electron chi connectivity index (χ0n) is 7.42. The van der Waals surface area contributed by atoms with E-state index in [4.69, 9.17) is 26.8 Å². The molecule has 0 unspecified atom stereocenters. The highest BCUT2D eigenvalue weighted by Gasteiger charge is 2.02. The lowest BCUT2D eigenvalue weighted by Gasteiger charge is -2.09. The minimum Gasteiger partial charge on any atom is -0.467 e. The van der Waals surface area contributed by atoms with E-state index in [1.54, 1.807) is 25.3 Å². The second-order valence-corrected chi connectivity index (χ2v) is 2.94. The van der Waals surface area contributed by atoms with Gasteiger partial charge < -0.3 is 15.2 Å². The van der Waals surface area contributed by atoms with E-state index in [9.17, 15) is 0 Å². The van der Waals surface area contributed by atoms with Crippen molar-refractivity contribution in [3.05, 3.63) is 28.8 Å². The van der Waals surface area contributed by atoms with Crippen molar-refractivity contribution < 1.29 is 9.47 Å². The number of rotatable bonds is 4. The zero-order valence-corrected chi connectivity index (χ0v) is 8.17. The third kappa shape index (κ3) is 2.88. The van der Waals surface area contributed by atoms with Crippen molar-refractivity contribution in [1.82, 2.24) is 0 Å². The number of hydrogen-bond donors (Lipinski definition) is 1. The van der Waals surface area contributed by atoms with Crippen LogP contribution in [0.2, 0.25) is 5.02 Å². The van der Waals surface area contributed by atoms with Gasteiger partial charge in [-0.05, 0) is 18.2 Å². The summed E-state index contributed by atoms with van der Waals surface area (Å²) in [6, 6.07) is 5.32.